The second kappa shape index (κ2) is 3.69. The number of nitrogens with one attached hydrogen (secondary N) is 1. The molecule has 0 aliphatic heterocycles. The summed E-state index contributed by atoms with van der Waals surface area (Å²) in [5.74, 6) is 3.83. The number of carbonyl (C=O) groups excluding carboxylic acids is 1. The molecule has 4 aliphatic carbocycles. The average Bonchev–Trinajstić information content (AvgIpc) is 2.79. The van der Waals surface area contributed by atoms with Gasteiger partial charge in [-0.15, -0.1) is 0 Å². The van der Waals surface area contributed by atoms with Crippen LogP contribution in [0.3, 0.4) is 0 Å². The molecule has 4 bridgehead atoms. The van der Waals surface area contributed by atoms with Crippen LogP contribution in [0.2, 0.25) is 0 Å². The fraction of sp³-hybridized carbons (Fsp3) is 0.733. The summed E-state index contributed by atoms with van der Waals surface area (Å²) < 4.78 is 0. The number of imidazole rings is 1. The molecule has 0 atom stereocenters. The Morgan fingerprint density at radius 3 is 2.33 bits per heavy atom. The number of aromatic amines is 1. The smallest absolute Gasteiger partial charge is 0.146 e. The summed E-state index contributed by atoms with van der Waals surface area (Å²) >= 11 is 0. The summed E-state index contributed by atoms with van der Waals surface area (Å²) in [5, 5.41) is 0. The van der Waals surface area contributed by atoms with Crippen molar-refractivity contribution in [3.05, 3.63) is 18.2 Å². The van der Waals surface area contributed by atoms with Crippen molar-refractivity contribution in [3.8, 4) is 0 Å². The van der Waals surface area contributed by atoms with E-state index in [0.29, 0.717) is 12.2 Å². The number of nitrogens with zero attached hydrogens (tertiary/aromatic N) is 1. The summed E-state index contributed by atoms with van der Waals surface area (Å²) in [6.45, 7) is 0. The van der Waals surface area contributed by atoms with Gasteiger partial charge in [-0.3, -0.25) is 4.79 Å². The van der Waals surface area contributed by atoms with Gasteiger partial charge in [-0.05, 0) is 56.3 Å². The van der Waals surface area contributed by atoms with Crippen LogP contribution in [0.1, 0.15) is 44.3 Å². The minimum atomic E-state index is 0.0293. The third kappa shape index (κ3) is 1.56. The van der Waals surface area contributed by atoms with Crippen molar-refractivity contribution < 1.29 is 4.79 Å². The Morgan fingerprint density at radius 2 is 1.83 bits per heavy atom. The lowest BCUT2D eigenvalue weighted by atomic mass is 9.48. The number of H-pyrrole nitrogens is 1. The van der Waals surface area contributed by atoms with Crippen LogP contribution in [0.5, 0.6) is 0 Å². The average molecular weight is 244 g/mol. The number of Topliss-reactive ketones (excluding diaryl/α,β-unsaturated/α-hetero) is 1. The van der Waals surface area contributed by atoms with Crippen LogP contribution in [0.15, 0.2) is 12.4 Å². The highest BCUT2D eigenvalue weighted by Crippen LogP contribution is 2.60. The van der Waals surface area contributed by atoms with Crippen molar-refractivity contribution in [1.82, 2.24) is 9.97 Å². The highest BCUT2D eigenvalue weighted by atomic mass is 16.1. The molecule has 18 heavy (non-hydrogen) atoms. The van der Waals surface area contributed by atoms with Crippen LogP contribution in [0.25, 0.3) is 0 Å². The van der Waals surface area contributed by atoms with Crippen LogP contribution < -0.4 is 0 Å². The Balaban J connectivity index is 1.58. The molecule has 0 radical (unpaired) electrons. The second-order valence-electron chi connectivity index (χ2n) is 6.83. The van der Waals surface area contributed by atoms with E-state index in [1.165, 1.54) is 38.5 Å². The number of ketones is 1. The molecule has 1 aromatic heterocycles. The third-order valence-electron chi connectivity index (χ3n) is 5.51. The summed E-state index contributed by atoms with van der Waals surface area (Å²) in [7, 11) is 0. The standard InChI is InChI=1S/C15H20N2O/c18-13(6-14-16-1-2-17-14)15-7-10-3-11(8-15)5-12(4-10)9-15/h1-2,10-12H,3-9H2,(H,16,17). The van der Waals surface area contributed by atoms with E-state index in [0.717, 1.165) is 23.6 Å². The fourth-order valence-electron chi connectivity index (χ4n) is 5.19. The van der Waals surface area contributed by atoms with Gasteiger partial charge in [-0.1, -0.05) is 0 Å². The summed E-state index contributed by atoms with van der Waals surface area (Å²) in [5.41, 5.74) is 0.0293. The van der Waals surface area contributed by atoms with Gasteiger partial charge < -0.3 is 4.98 Å². The Bertz CT molecular complexity index is 428. The predicted octanol–water partition coefficient (Wildman–Crippen LogP) is 2.74. The van der Waals surface area contributed by atoms with E-state index >= 15 is 0 Å². The van der Waals surface area contributed by atoms with Crippen molar-refractivity contribution in [1.29, 1.82) is 0 Å². The lowest BCUT2D eigenvalue weighted by Crippen LogP contribution is -2.50. The number of aromatic nitrogens is 2. The van der Waals surface area contributed by atoms with Gasteiger partial charge >= 0.3 is 0 Å². The molecule has 0 amide bonds. The van der Waals surface area contributed by atoms with Gasteiger partial charge in [-0.25, -0.2) is 4.98 Å². The van der Waals surface area contributed by atoms with Gasteiger partial charge in [0.15, 0.2) is 0 Å². The lowest BCUT2D eigenvalue weighted by molar-refractivity contribution is -0.143. The molecule has 4 fully saturated rings. The van der Waals surface area contributed by atoms with Crippen LogP contribution in [-0.2, 0) is 11.2 Å². The Morgan fingerprint density at radius 1 is 1.22 bits per heavy atom. The van der Waals surface area contributed by atoms with Crippen LogP contribution in [0, 0.1) is 23.2 Å². The van der Waals surface area contributed by atoms with E-state index in [-0.39, 0.29) is 5.41 Å². The van der Waals surface area contributed by atoms with Gasteiger partial charge in [0, 0.05) is 17.8 Å². The fourth-order valence-corrected chi connectivity index (χ4v) is 5.19. The maximum absolute atomic E-state index is 12.7. The molecule has 0 aromatic carbocycles. The van der Waals surface area contributed by atoms with Crippen molar-refractivity contribution in [3.63, 3.8) is 0 Å². The zero-order valence-electron chi connectivity index (χ0n) is 10.7. The van der Waals surface area contributed by atoms with Gasteiger partial charge in [0.2, 0.25) is 0 Å². The minimum absolute atomic E-state index is 0.0293. The molecule has 4 saturated carbocycles. The van der Waals surface area contributed by atoms with Gasteiger partial charge in [0.1, 0.15) is 11.6 Å². The maximum Gasteiger partial charge on any atom is 0.146 e. The summed E-state index contributed by atoms with van der Waals surface area (Å²) in [6, 6.07) is 0. The van der Waals surface area contributed by atoms with Crippen LogP contribution in [-0.4, -0.2) is 15.8 Å². The van der Waals surface area contributed by atoms with E-state index < -0.39 is 0 Å². The monoisotopic (exact) mass is 244 g/mol. The topological polar surface area (TPSA) is 45.8 Å². The van der Waals surface area contributed by atoms with Crippen molar-refractivity contribution >= 4 is 5.78 Å². The zero-order valence-corrected chi connectivity index (χ0v) is 10.7. The molecule has 96 valence electrons. The molecule has 4 aliphatic rings. The SMILES string of the molecule is O=C(Cc1ncc[nH]1)C12CC3CC(CC(C3)C1)C2. The molecule has 3 heteroatoms. The van der Waals surface area contributed by atoms with E-state index in [9.17, 15) is 4.79 Å². The molecule has 1 N–H and O–H groups in total. The van der Waals surface area contributed by atoms with E-state index in [1.807, 2.05) is 6.20 Å². The van der Waals surface area contributed by atoms with E-state index in [4.69, 9.17) is 0 Å². The Labute approximate surface area is 107 Å². The van der Waals surface area contributed by atoms with Crippen molar-refractivity contribution in [2.75, 3.05) is 0 Å². The molecular formula is C15H20N2O. The van der Waals surface area contributed by atoms with Gasteiger partial charge in [-0.2, -0.15) is 0 Å². The first-order valence-electron chi connectivity index (χ1n) is 7.25. The van der Waals surface area contributed by atoms with Crippen LogP contribution >= 0.6 is 0 Å². The Hall–Kier alpha value is -1.12. The molecule has 0 saturated heterocycles. The summed E-state index contributed by atoms with van der Waals surface area (Å²) in [4.78, 5) is 20.0. The molecular weight excluding hydrogens is 224 g/mol. The first-order valence-corrected chi connectivity index (χ1v) is 7.25. The zero-order chi connectivity index (χ0) is 12.2. The quantitative estimate of drug-likeness (QED) is 0.888. The molecule has 1 aromatic rings. The maximum atomic E-state index is 12.7. The molecule has 3 nitrogen and oxygen atoms in total. The first-order chi connectivity index (χ1) is 8.73. The number of hydrogen-bond donors (Lipinski definition) is 1. The minimum Gasteiger partial charge on any atom is -0.348 e. The molecule has 0 unspecified atom stereocenters. The third-order valence-corrected chi connectivity index (χ3v) is 5.51. The highest BCUT2D eigenvalue weighted by molar-refractivity contribution is 5.86. The van der Waals surface area contributed by atoms with E-state index in [2.05, 4.69) is 9.97 Å². The Kier molecular flexibility index (Phi) is 2.21. The predicted molar refractivity (Wildman–Crippen MR) is 67.9 cm³/mol. The van der Waals surface area contributed by atoms with E-state index in [1.54, 1.807) is 6.20 Å². The number of carbonyl (C=O) groups is 1. The highest BCUT2D eigenvalue weighted by Gasteiger charge is 2.54. The first kappa shape index (κ1) is 10.8. The largest absolute Gasteiger partial charge is 0.348 e. The molecule has 5 rings (SSSR count). The summed E-state index contributed by atoms with van der Waals surface area (Å²) in [6.07, 6.45) is 11.7. The van der Waals surface area contributed by atoms with Crippen molar-refractivity contribution in [2.24, 2.45) is 23.2 Å². The van der Waals surface area contributed by atoms with Crippen molar-refractivity contribution in [2.45, 2.75) is 44.9 Å². The molecule has 0 spiro atoms. The lowest BCUT2D eigenvalue weighted by Gasteiger charge is -2.56. The molecule has 1 heterocycles. The van der Waals surface area contributed by atoms with Gasteiger partial charge in [0.05, 0.1) is 6.42 Å². The van der Waals surface area contributed by atoms with Gasteiger partial charge in [0.25, 0.3) is 0 Å². The number of hydrogen-bond acceptors (Lipinski definition) is 2. The van der Waals surface area contributed by atoms with Crippen LogP contribution in [0.4, 0.5) is 0 Å². The normalized spacial score (nSPS) is 41.2. The second-order valence-corrected chi connectivity index (χ2v) is 6.83. The number of rotatable bonds is 3.